The zero-order valence-corrected chi connectivity index (χ0v) is 15.3. The number of hydrogen-bond acceptors (Lipinski definition) is 8. The molecule has 0 fully saturated rings. The minimum Gasteiger partial charge on any atom is -0.493 e. The Labute approximate surface area is 152 Å². The zero-order valence-electron chi connectivity index (χ0n) is 13.7. The smallest absolute Gasteiger partial charge is 0.236 e. The fraction of sp³-hybridized carbons (Fsp3) is 0.267. The highest BCUT2D eigenvalue weighted by molar-refractivity contribution is 7.99. The lowest BCUT2D eigenvalue weighted by Crippen LogP contribution is -2.14. The Morgan fingerprint density at radius 3 is 2.92 bits per heavy atom. The first-order chi connectivity index (χ1) is 12.2. The molecule has 25 heavy (non-hydrogen) atoms. The van der Waals surface area contributed by atoms with E-state index >= 15 is 0 Å². The van der Waals surface area contributed by atoms with E-state index in [1.807, 2.05) is 42.8 Å². The summed E-state index contributed by atoms with van der Waals surface area (Å²) in [5, 5.41) is 19.7. The van der Waals surface area contributed by atoms with Crippen molar-refractivity contribution in [1.82, 2.24) is 25.0 Å². The van der Waals surface area contributed by atoms with Crippen LogP contribution in [0.4, 0.5) is 5.13 Å². The van der Waals surface area contributed by atoms with Crippen molar-refractivity contribution in [2.75, 3.05) is 17.7 Å². The van der Waals surface area contributed by atoms with E-state index in [-0.39, 0.29) is 11.7 Å². The zero-order chi connectivity index (χ0) is 17.6. The molecule has 0 unspecified atom stereocenters. The number of ether oxygens (including phenoxy) is 1. The molecule has 8 nitrogen and oxygen atoms in total. The molecule has 1 N–H and O–H groups in total. The number of amides is 1. The summed E-state index contributed by atoms with van der Waals surface area (Å²) in [7, 11) is 1.86. The summed E-state index contributed by atoms with van der Waals surface area (Å²) in [5.41, 5.74) is 2.43. The van der Waals surface area contributed by atoms with Crippen LogP contribution in [0.25, 0.3) is 11.4 Å². The van der Waals surface area contributed by atoms with Gasteiger partial charge < -0.3 is 9.30 Å². The van der Waals surface area contributed by atoms with Gasteiger partial charge in [0, 0.05) is 7.05 Å². The number of rotatable bonds is 7. The van der Waals surface area contributed by atoms with E-state index in [4.69, 9.17) is 4.74 Å². The number of anilines is 1. The highest BCUT2D eigenvalue weighted by Crippen LogP contribution is 2.30. The molecule has 0 saturated carbocycles. The van der Waals surface area contributed by atoms with Crippen LogP contribution in [-0.4, -0.2) is 43.2 Å². The molecule has 130 valence electrons. The number of carbonyl (C=O) groups is 1. The van der Waals surface area contributed by atoms with Crippen molar-refractivity contribution in [1.29, 1.82) is 0 Å². The summed E-state index contributed by atoms with van der Waals surface area (Å²) < 4.78 is 7.50. The van der Waals surface area contributed by atoms with Crippen molar-refractivity contribution in [3.05, 3.63) is 29.8 Å². The number of benzene rings is 1. The maximum Gasteiger partial charge on any atom is 0.236 e. The lowest BCUT2D eigenvalue weighted by molar-refractivity contribution is -0.113. The number of hydrogen-bond donors (Lipinski definition) is 1. The summed E-state index contributed by atoms with van der Waals surface area (Å²) >= 11 is 2.58. The predicted molar refractivity (Wildman–Crippen MR) is 96.9 cm³/mol. The van der Waals surface area contributed by atoms with Crippen LogP contribution in [0.2, 0.25) is 0 Å². The van der Waals surface area contributed by atoms with Crippen LogP contribution in [0, 0.1) is 0 Å². The molecule has 3 rings (SSSR count). The second kappa shape index (κ2) is 8.08. The van der Waals surface area contributed by atoms with Crippen LogP contribution >= 0.6 is 23.1 Å². The number of para-hydroxylation sites is 1. The number of nitrogens with zero attached hydrogens (tertiary/aromatic N) is 5. The van der Waals surface area contributed by atoms with Gasteiger partial charge in [0.05, 0.1) is 17.9 Å². The summed E-state index contributed by atoms with van der Waals surface area (Å²) in [6.45, 7) is 2.51. The normalized spacial score (nSPS) is 10.6. The van der Waals surface area contributed by atoms with Crippen molar-refractivity contribution in [3.63, 3.8) is 0 Å². The van der Waals surface area contributed by atoms with Crippen molar-refractivity contribution >= 4 is 34.1 Å². The molecule has 2 aromatic heterocycles. The Balaban J connectivity index is 1.70. The van der Waals surface area contributed by atoms with Gasteiger partial charge in [-0.05, 0) is 19.1 Å². The van der Waals surface area contributed by atoms with Crippen LogP contribution in [0.3, 0.4) is 0 Å². The lowest BCUT2D eigenvalue weighted by atomic mass is 10.2. The molecule has 0 aliphatic heterocycles. The van der Waals surface area contributed by atoms with E-state index in [1.165, 1.54) is 23.1 Å². The molecule has 0 radical (unpaired) electrons. The molecule has 1 amide bonds. The van der Waals surface area contributed by atoms with E-state index in [9.17, 15) is 4.79 Å². The van der Waals surface area contributed by atoms with Crippen molar-refractivity contribution in [2.45, 2.75) is 12.1 Å². The van der Waals surface area contributed by atoms with Gasteiger partial charge in [-0.15, -0.1) is 20.4 Å². The van der Waals surface area contributed by atoms with E-state index in [0.717, 1.165) is 11.3 Å². The van der Waals surface area contributed by atoms with Crippen LogP contribution in [0.15, 0.2) is 34.9 Å². The molecule has 0 aliphatic rings. The quantitative estimate of drug-likeness (QED) is 0.633. The Morgan fingerprint density at radius 1 is 1.32 bits per heavy atom. The first-order valence-corrected chi connectivity index (χ1v) is 9.36. The number of aromatic nitrogens is 5. The van der Waals surface area contributed by atoms with Gasteiger partial charge in [0.1, 0.15) is 11.3 Å². The second-order valence-corrected chi connectivity index (χ2v) is 6.65. The van der Waals surface area contributed by atoms with Crippen molar-refractivity contribution < 1.29 is 9.53 Å². The molecule has 0 atom stereocenters. The summed E-state index contributed by atoms with van der Waals surface area (Å²) in [6, 6.07) is 7.68. The molecule has 1 aromatic carbocycles. The van der Waals surface area contributed by atoms with E-state index in [0.29, 0.717) is 22.7 Å². The summed E-state index contributed by atoms with van der Waals surface area (Å²) in [5.74, 6) is 1.49. The predicted octanol–water partition coefficient (Wildman–Crippen LogP) is 2.46. The topological polar surface area (TPSA) is 94.8 Å². The fourth-order valence-electron chi connectivity index (χ4n) is 2.12. The summed E-state index contributed by atoms with van der Waals surface area (Å²) in [6.07, 6.45) is 0. The SMILES string of the molecule is CCOc1ccccc1-c1nnc(SCC(=O)Nc2nncs2)n1C. The molecular formula is C15H16N6O2S2. The monoisotopic (exact) mass is 376 g/mol. The molecule has 10 heteroatoms. The van der Waals surface area contributed by atoms with Gasteiger partial charge in [-0.1, -0.05) is 35.2 Å². The van der Waals surface area contributed by atoms with Crippen molar-refractivity contribution in [2.24, 2.45) is 7.05 Å². The minimum atomic E-state index is -0.166. The van der Waals surface area contributed by atoms with Gasteiger partial charge in [0.2, 0.25) is 11.0 Å². The average Bonchev–Trinajstić information content (AvgIpc) is 3.24. The molecule has 0 aliphatic carbocycles. The minimum absolute atomic E-state index is 0.166. The standard InChI is InChI=1S/C15H16N6O2S2/c1-3-23-11-7-5-4-6-10(11)13-18-20-15(21(13)2)24-8-12(22)17-14-19-16-9-25-14/h4-7,9H,3,8H2,1-2H3,(H,17,19,22). The molecular weight excluding hydrogens is 360 g/mol. The van der Waals surface area contributed by atoms with E-state index < -0.39 is 0 Å². The first-order valence-electron chi connectivity index (χ1n) is 7.49. The van der Waals surface area contributed by atoms with E-state index in [2.05, 4.69) is 25.7 Å². The third-order valence-corrected chi connectivity index (χ3v) is 4.83. The third kappa shape index (κ3) is 4.15. The Bertz CT molecular complexity index is 850. The summed E-state index contributed by atoms with van der Waals surface area (Å²) in [4.78, 5) is 11.9. The average molecular weight is 376 g/mol. The van der Waals surface area contributed by atoms with E-state index in [1.54, 1.807) is 5.51 Å². The van der Waals surface area contributed by atoms with Crippen LogP contribution in [-0.2, 0) is 11.8 Å². The maximum atomic E-state index is 11.9. The van der Waals surface area contributed by atoms with Gasteiger partial charge in [-0.25, -0.2) is 0 Å². The highest BCUT2D eigenvalue weighted by Gasteiger charge is 2.16. The Kier molecular flexibility index (Phi) is 5.61. The lowest BCUT2D eigenvalue weighted by Gasteiger charge is -2.09. The first kappa shape index (κ1) is 17.4. The molecule has 0 spiro atoms. The van der Waals surface area contributed by atoms with Gasteiger partial charge in [0.25, 0.3) is 0 Å². The largest absolute Gasteiger partial charge is 0.493 e. The van der Waals surface area contributed by atoms with Crippen LogP contribution in [0.5, 0.6) is 5.75 Å². The van der Waals surface area contributed by atoms with Crippen molar-refractivity contribution in [3.8, 4) is 17.1 Å². The van der Waals surface area contributed by atoms with Gasteiger partial charge >= 0.3 is 0 Å². The molecule has 3 aromatic rings. The van der Waals surface area contributed by atoms with Gasteiger partial charge in [0.15, 0.2) is 11.0 Å². The molecule has 0 saturated heterocycles. The molecule has 2 heterocycles. The highest BCUT2D eigenvalue weighted by atomic mass is 32.2. The fourth-order valence-corrected chi connectivity index (χ4v) is 3.29. The number of carbonyl (C=O) groups excluding carboxylic acids is 1. The Hall–Kier alpha value is -2.46. The number of thioether (sulfide) groups is 1. The third-order valence-electron chi connectivity index (χ3n) is 3.20. The Morgan fingerprint density at radius 2 is 2.16 bits per heavy atom. The number of nitrogens with one attached hydrogen (secondary N) is 1. The van der Waals surface area contributed by atoms with Gasteiger partial charge in [-0.2, -0.15) is 0 Å². The van der Waals surface area contributed by atoms with Crippen LogP contribution < -0.4 is 10.1 Å². The molecule has 0 bridgehead atoms. The van der Waals surface area contributed by atoms with Gasteiger partial charge in [-0.3, -0.25) is 10.1 Å². The second-order valence-electron chi connectivity index (χ2n) is 4.88. The maximum absolute atomic E-state index is 11.9. The van der Waals surface area contributed by atoms with Crippen LogP contribution in [0.1, 0.15) is 6.92 Å².